The number of ether oxygens (including phenoxy) is 1. The predicted octanol–water partition coefficient (Wildman–Crippen LogP) is 3.71. The van der Waals surface area contributed by atoms with Crippen LogP contribution < -0.4 is 4.74 Å². The summed E-state index contributed by atoms with van der Waals surface area (Å²) in [5.74, 6) is -0.538. The Bertz CT molecular complexity index is 373. The molecule has 1 rings (SSSR count). The van der Waals surface area contributed by atoms with Gasteiger partial charge in [-0.25, -0.2) is 4.79 Å². The van der Waals surface area contributed by atoms with Gasteiger partial charge in [-0.15, -0.1) is 0 Å². The van der Waals surface area contributed by atoms with E-state index in [9.17, 15) is 4.79 Å². The summed E-state index contributed by atoms with van der Waals surface area (Å²) in [4.78, 5) is 11.0. The van der Waals surface area contributed by atoms with Crippen LogP contribution in [-0.2, 0) is 0 Å². The molecule has 0 heterocycles. The van der Waals surface area contributed by atoms with E-state index >= 15 is 0 Å². The molecule has 16 heavy (non-hydrogen) atoms. The number of rotatable bonds is 5. The molecule has 0 unspecified atom stereocenters. The molecule has 0 fully saturated rings. The fraction of sp³-hybridized carbons (Fsp3) is 0.417. The molecule has 0 radical (unpaired) electrons. The topological polar surface area (TPSA) is 46.5 Å². The minimum atomic E-state index is -0.964. The average molecular weight is 287 g/mol. The second kappa shape index (κ2) is 5.89. The van der Waals surface area contributed by atoms with Gasteiger partial charge in [0.2, 0.25) is 0 Å². The van der Waals surface area contributed by atoms with Crippen LogP contribution in [0.25, 0.3) is 0 Å². The van der Waals surface area contributed by atoms with E-state index in [1.807, 2.05) is 13.8 Å². The number of hydrogen-bond donors (Lipinski definition) is 1. The Morgan fingerprint density at radius 1 is 1.44 bits per heavy atom. The van der Waals surface area contributed by atoms with E-state index in [4.69, 9.17) is 9.84 Å². The highest BCUT2D eigenvalue weighted by Crippen LogP contribution is 2.25. The molecule has 1 aromatic rings. The first-order valence-corrected chi connectivity index (χ1v) is 6.07. The lowest BCUT2D eigenvalue weighted by Gasteiger charge is -2.17. The van der Waals surface area contributed by atoms with Gasteiger partial charge >= 0.3 is 5.97 Å². The second-order valence-corrected chi connectivity index (χ2v) is 4.42. The minimum absolute atomic E-state index is 0.0624. The molecule has 1 aromatic carbocycles. The number of carboxylic acid groups (broad SMARTS) is 1. The van der Waals surface area contributed by atoms with Crippen molar-refractivity contribution in [1.82, 2.24) is 0 Å². The lowest BCUT2D eigenvalue weighted by atomic mass is 10.2. The summed E-state index contributed by atoms with van der Waals surface area (Å²) in [6.45, 7) is 4.04. The SMILES string of the molecule is CCC(CC)Oc1cc(Br)ccc1C(=O)O. The minimum Gasteiger partial charge on any atom is -0.490 e. The first-order chi connectivity index (χ1) is 7.58. The number of carboxylic acids is 1. The zero-order valence-electron chi connectivity index (χ0n) is 9.37. The standard InChI is InChI=1S/C12H15BrO3/c1-3-9(4-2)16-11-7-8(13)5-6-10(11)12(14)15/h5-7,9H,3-4H2,1-2H3,(H,14,15). The summed E-state index contributed by atoms with van der Waals surface area (Å²) in [5, 5.41) is 9.02. The van der Waals surface area contributed by atoms with Gasteiger partial charge in [-0.05, 0) is 31.0 Å². The highest BCUT2D eigenvalue weighted by atomic mass is 79.9. The highest BCUT2D eigenvalue weighted by molar-refractivity contribution is 9.10. The molecule has 0 atom stereocenters. The Kier molecular flexibility index (Phi) is 4.80. The van der Waals surface area contributed by atoms with Gasteiger partial charge in [0.05, 0.1) is 6.10 Å². The first-order valence-electron chi connectivity index (χ1n) is 5.28. The van der Waals surface area contributed by atoms with E-state index in [1.54, 1.807) is 18.2 Å². The van der Waals surface area contributed by atoms with Crippen LogP contribution in [0.3, 0.4) is 0 Å². The molecule has 0 saturated carbocycles. The number of aromatic carboxylic acids is 1. The molecule has 0 aliphatic heterocycles. The number of benzene rings is 1. The largest absolute Gasteiger partial charge is 0.490 e. The second-order valence-electron chi connectivity index (χ2n) is 3.50. The summed E-state index contributed by atoms with van der Waals surface area (Å²) in [5.41, 5.74) is 0.204. The van der Waals surface area contributed by atoms with Gasteiger partial charge in [0.15, 0.2) is 0 Å². The van der Waals surface area contributed by atoms with Crippen molar-refractivity contribution < 1.29 is 14.6 Å². The molecule has 88 valence electrons. The molecule has 0 spiro atoms. The third-order valence-electron chi connectivity index (χ3n) is 2.38. The maximum atomic E-state index is 11.0. The van der Waals surface area contributed by atoms with Crippen molar-refractivity contribution in [2.24, 2.45) is 0 Å². The fourth-order valence-electron chi connectivity index (χ4n) is 1.41. The predicted molar refractivity (Wildman–Crippen MR) is 66.1 cm³/mol. The van der Waals surface area contributed by atoms with Crippen LogP contribution >= 0.6 is 15.9 Å². The Labute approximate surface area is 104 Å². The van der Waals surface area contributed by atoms with E-state index in [-0.39, 0.29) is 11.7 Å². The zero-order chi connectivity index (χ0) is 12.1. The number of halogens is 1. The normalized spacial score (nSPS) is 10.5. The van der Waals surface area contributed by atoms with E-state index in [2.05, 4.69) is 15.9 Å². The molecule has 0 amide bonds. The van der Waals surface area contributed by atoms with Gasteiger partial charge in [-0.2, -0.15) is 0 Å². The maximum absolute atomic E-state index is 11.0. The molecule has 0 aromatic heterocycles. The Hall–Kier alpha value is -1.03. The van der Waals surface area contributed by atoms with Crippen molar-refractivity contribution in [3.8, 4) is 5.75 Å². The van der Waals surface area contributed by atoms with Crippen molar-refractivity contribution in [2.45, 2.75) is 32.8 Å². The van der Waals surface area contributed by atoms with Gasteiger partial charge in [0.25, 0.3) is 0 Å². The molecule has 0 bridgehead atoms. The lowest BCUT2D eigenvalue weighted by Crippen LogP contribution is -2.15. The summed E-state index contributed by atoms with van der Waals surface area (Å²) >= 11 is 3.31. The van der Waals surface area contributed by atoms with Gasteiger partial charge in [0, 0.05) is 4.47 Å². The summed E-state index contributed by atoms with van der Waals surface area (Å²) in [6, 6.07) is 4.94. The molecular formula is C12H15BrO3. The molecule has 0 aliphatic carbocycles. The molecule has 1 N–H and O–H groups in total. The van der Waals surface area contributed by atoms with Crippen molar-refractivity contribution in [3.63, 3.8) is 0 Å². The van der Waals surface area contributed by atoms with Crippen LogP contribution in [0, 0.1) is 0 Å². The van der Waals surface area contributed by atoms with E-state index in [1.165, 1.54) is 0 Å². The van der Waals surface area contributed by atoms with Gasteiger partial charge < -0.3 is 9.84 Å². The number of hydrogen-bond acceptors (Lipinski definition) is 2. The highest BCUT2D eigenvalue weighted by Gasteiger charge is 2.14. The first kappa shape index (κ1) is 13.0. The van der Waals surface area contributed by atoms with E-state index in [0.29, 0.717) is 5.75 Å². The molecule has 3 nitrogen and oxygen atoms in total. The van der Waals surface area contributed by atoms with Crippen LogP contribution in [0.1, 0.15) is 37.0 Å². The van der Waals surface area contributed by atoms with Crippen LogP contribution in [0.4, 0.5) is 0 Å². The summed E-state index contributed by atoms with van der Waals surface area (Å²) < 4.78 is 6.49. The van der Waals surface area contributed by atoms with Gasteiger partial charge in [-0.3, -0.25) is 0 Å². The third kappa shape index (κ3) is 3.23. The summed E-state index contributed by atoms with van der Waals surface area (Å²) in [7, 11) is 0. The molecule has 0 saturated heterocycles. The van der Waals surface area contributed by atoms with Crippen LogP contribution in [0.2, 0.25) is 0 Å². The van der Waals surface area contributed by atoms with Crippen LogP contribution in [-0.4, -0.2) is 17.2 Å². The van der Waals surface area contributed by atoms with Gasteiger partial charge in [0.1, 0.15) is 11.3 Å². The Morgan fingerprint density at radius 2 is 2.06 bits per heavy atom. The van der Waals surface area contributed by atoms with Crippen molar-refractivity contribution in [2.75, 3.05) is 0 Å². The average Bonchev–Trinajstić information content (AvgIpc) is 2.25. The zero-order valence-corrected chi connectivity index (χ0v) is 11.0. The van der Waals surface area contributed by atoms with Crippen LogP contribution in [0.15, 0.2) is 22.7 Å². The third-order valence-corrected chi connectivity index (χ3v) is 2.87. The number of carbonyl (C=O) groups is 1. The van der Waals surface area contributed by atoms with E-state index < -0.39 is 5.97 Å². The smallest absolute Gasteiger partial charge is 0.339 e. The van der Waals surface area contributed by atoms with Crippen LogP contribution in [0.5, 0.6) is 5.75 Å². The van der Waals surface area contributed by atoms with Crippen molar-refractivity contribution in [3.05, 3.63) is 28.2 Å². The molecular weight excluding hydrogens is 272 g/mol. The fourth-order valence-corrected chi connectivity index (χ4v) is 1.75. The van der Waals surface area contributed by atoms with Crippen molar-refractivity contribution in [1.29, 1.82) is 0 Å². The maximum Gasteiger partial charge on any atom is 0.339 e. The van der Waals surface area contributed by atoms with Gasteiger partial charge in [-0.1, -0.05) is 29.8 Å². The quantitative estimate of drug-likeness (QED) is 0.897. The molecule has 4 heteroatoms. The molecule has 0 aliphatic rings. The monoisotopic (exact) mass is 286 g/mol. The Morgan fingerprint density at radius 3 is 2.56 bits per heavy atom. The van der Waals surface area contributed by atoms with Crippen molar-refractivity contribution >= 4 is 21.9 Å². The summed E-state index contributed by atoms with van der Waals surface area (Å²) in [6.07, 6.45) is 1.79. The lowest BCUT2D eigenvalue weighted by molar-refractivity contribution is 0.0688. The Balaban J connectivity index is 3.00. The van der Waals surface area contributed by atoms with E-state index in [0.717, 1.165) is 17.3 Å².